The summed E-state index contributed by atoms with van der Waals surface area (Å²) in [5.41, 5.74) is 10.4. The summed E-state index contributed by atoms with van der Waals surface area (Å²) >= 11 is 17.5. The number of nitrogens with zero attached hydrogens (tertiary/aromatic N) is 10. The molecule has 8 heterocycles. The van der Waals surface area contributed by atoms with E-state index in [9.17, 15) is 29.1 Å². The van der Waals surface area contributed by atoms with Gasteiger partial charge in [0.1, 0.15) is 52.4 Å². The molecule has 29 heteroatoms. The van der Waals surface area contributed by atoms with Gasteiger partial charge in [-0.05, 0) is 100 Å². The van der Waals surface area contributed by atoms with Crippen LogP contribution in [0.3, 0.4) is 0 Å². The molecule has 1 fully saturated rings. The van der Waals surface area contributed by atoms with Gasteiger partial charge in [-0.2, -0.15) is 0 Å². The minimum atomic E-state index is -1.06. The molecule has 0 radical (unpaired) electrons. The lowest BCUT2D eigenvalue weighted by molar-refractivity contribution is -0.144. The van der Waals surface area contributed by atoms with E-state index in [1.165, 1.54) is 4.90 Å². The largest absolute Gasteiger partial charge is 0.391 e. The average Bonchev–Trinajstić information content (AvgIpc) is 1.60. The number of carbonyl (C=O) groups is 5. The molecule has 102 heavy (non-hydrogen) atoms. The number of hydrogen-bond acceptors (Lipinski definition) is 20. The number of benzene rings is 3. The molecule has 8 aromatic rings. The fraction of sp³-hybridized carbons (Fsp3) is 0.452. The standard InChI is InChI=1S/C73H86Cl2N14O10S3/c1-40-43(4)101-70-60(40)62(48-16-20-51(74)21-17-48)80-54(66-85-83-45(6)88(66)70)31-57(91)76-24-26-97-36-73(11,37-98-27-25-77-58(92)32-55-67-86-84-46(7)89(67)71-61(41(2)44(5)102-71)63(81-55)49-18-22-52(75)23-19-49)38-99-29-28-96-35-59(93)82-65(72(8,9)10)69(95)87-34-53(90)30-56(87)68(94)78-33-47-12-14-50(15-13-47)64-42(3)79-39-100-64/h12-23,39,53-56,65,90H,24-38H2,1-11H3,(H,76,91)(H,77,92)(H,78,94)(H,82,93)/t53-,54+,55+,56+,65-/m1/s1. The van der Waals surface area contributed by atoms with E-state index < -0.39 is 65.4 Å². The summed E-state index contributed by atoms with van der Waals surface area (Å²) in [6.45, 7) is 22.3. The number of thiazole rings is 1. The van der Waals surface area contributed by atoms with Crippen molar-refractivity contribution in [2.45, 2.75) is 132 Å². The predicted molar refractivity (Wildman–Crippen MR) is 395 cm³/mol. The number of β-amino-alcohol motifs (C(OH)–C–C–N with tert-alkyl or cyclic N) is 1. The number of ether oxygens (including phenoxy) is 4. The van der Waals surface area contributed by atoms with E-state index in [4.69, 9.17) is 52.1 Å². The van der Waals surface area contributed by atoms with Gasteiger partial charge in [0.2, 0.25) is 29.5 Å². The van der Waals surface area contributed by atoms with Gasteiger partial charge in [0.15, 0.2) is 11.6 Å². The Balaban J connectivity index is 0.693. The number of amides is 5. The Bertz CT molecular complexity index is 4240. The molecule has 540 valence electrons. The maximum absolute atomic E-state index is 14.3. The molecular formula is C73H86Cl2N14O10S3. The van der Waals surface area contributed by atoms with Crippen LogP contribution in [0.15, 0.2) is 88.3 Å². The van der Waals surface area contributed by atoms with Gasteiger partial charge in [-0.15, -0.1) is 54.4 Å². The number of halogens is 2. The summed E-state index contributed by atoms with van der Waals surface area (Å²) in [6, 6.07) is 19.5. The molecule has 11 rings (SSSR count). The molecule has 3 aliphatic heterocycles. The second-order valence-electron chi connectivity index (χ2n) is 27.4. The molecular weight excluding hydrogens is 1400 g/mol. The maximum Gasteiger partial charge on any atom is 0.246 e. The Morgan fingerprint density at radius 1 is 0.618 bits per heavy atom. The first-order chi connectivity index (χ1) is 48.7. The van der Waals surface area contributed by atoms with Crippen molar-refractivity contribution in [3.05, 3.63) is 166 Å². The van der Waals surface area contributed by atoms with Crippen LogP contribution in [0.1, 0.15) is 137 Å². The molecule has 1 saturated heterocycles. The van der Waals surface area contributed by atoms with Gasteiger partial charge < -0.3 is 50.2 Å². The number of aryl methyl sites for hydroxylation is 5. The molecule has 3 aromatic carbocycles. The van der Waals surface area contributed by atoms with Gasteiger partial charge in [-0.1, -0.05) is 99.4 Å². The van der Waals surface area contributed by atoms with Gasteiger partial charge in [0.25, 0.3) is 0 Å². The number of rotatable bonds is 29. The van der Waals surface area contributed by atoms with Crippen molar-refractivity contribution < 1.29 is 48.0 Å². The summed E-state index contributed by atoms with van der Waals surface area (Å²) in [5, 5.41) is 43.6. The number of nitrogens with one attached hydrogen (secondary N) is 4. The van der Waals surface area contributed by atoms with Crippen LogP contribution >= 0.6 is 57.2 Å². The topological polar surface area (TPSA) is 293 Å². The smallest absolute Gasteiger partial charge is 0.246 e. The Hall–Kier alpha value is -7.96. The average molecular weight is 1490 g/mol. The predicted octanol–water partition coefficient (Wildman–Crippen LogP) is 9.94. The van der Waals surface area contributed by atoms with Crippen LogP contribution in [0.25, 0.3) is 20.4 Å². The van der Waals surface area contributed by atoms with E-state index in [2.05, 4.69) is 74.3 Å². The Morgan fingerprint density at radius 3 is 1.58 bits per heavy atom. The second-order valence-corrected chi connectivity index (χ2v) is 31.5. The lowest BCUT2D eigenvalue weighted by Crippen LogP contribution is -2.58. The van der Waals surface area contributed by atoms with Crippen molar-refractivity contribution in [3.8, 4) is 20.4 Å². The van der Waals surface area contributed by atoms with E-state index in [1.54, 1.807) is 39.5 Å². The summed E-state index contributed by atoms with van der Waals surface area (Å²) in [5.74, 6) is 0.503. The second kappa shape index (κ2) is 32.8. The van der Waals surface area contributed by atoms with Crippen molar-refractivity contribution in [3.63, 3.8) is 0 Å². The molecule has 0 bridgehead atoms. The van der Waals surface area contributed by atoms with Crippen molar-refractivity contribution in [2.75, 3.05) is 72.5 Å². The fourth-order valence-corrected chi connectivity index (χ4v) is 16.1. The number of likely N-dealkylation sites (tertiary alicyclic amines) is 1. The van der Waals surface area contributed by atoms with E-state index in [0.717, 1.165) is 86.3 Å². The van der Waals surface area contributed by atoms with Gasteiger partial charge in [0, 0.05) is 80.1 Å². The molecule has 0 spiro atoms. The van der Waals surface area contributed by atoms with Crippen molar-refractivity contribution >= 4 is 98.2 Å². The summed E-state index contributed by atoms with van der Waals surface area (Å²) in [6.07, 6.45) is -0.908. The van der Waals surface area contributed by atoms with E-state index >= 15 is 0 Å². The number of aromatic nitrogens is 7. The van der Waals surface area contributed by atoms with Crippen molar-refractivity contribution in [2.24, 2.45) is 20.8 Å². The number of aliphatic hydroxyl groups is 1. The minimum absolute atomic E-state index is 0.0107. The van der Waals surface area contributed by atoms with Crippen LogP contribution in [0.2, 0.25) is 10.0 Å². The third kappa shape index (κ3) is 17.5. The first-order valence-corrected chi connectivity index (χ1v) is 37.1. The summed E-state index contributed by atoms with van der Waals surface area (Å²) in [4.78, 5) is 89.0. The molecule has 0 saturated carbocycles. The SMILES string of the molecule is Cc1ncsc1-c1ccc(CNC(=O)[C@@H]2C[C@@H](O)CN2C(=O)[C@@H](NC(=O)COCCOCC(C)(COCCNC(=O)C[C@@H]2N=C(c3ccc(Cl)cc3)c3c(sc(C)c3C)-n3c(C)nnc32)COCCNC(=O)C[C@@H]2N=C(c3ccc(Cl)cc3)c3c(sc(C)c3C)-n3c(C)nnc32)C(C)(C)C)cc1. The zero-order valence-corrected chi connectivity index (χ0v) is 63.0. The highest BCUT2D eigenvalue weighted by Gasteiger charge is 2.45. The first kappa shape index (κ1) is 75.2. The molecule has 5 aromatic heterocycles. The number of hydrogen-bond donors (Lipinski definition) is 5. The molecule has 5 atom stereocenters. The van der Waals surface area contributed by atoms with E-state index in [0.29, 0.717) is 33.3 Å². The van der Waals surface area contributed by atoms with E-state index in [1.807, 2.05) is 130 Å². The third-order valence-corrected chi connectivity index (χ3v) is 22.1. The zero-order valence-electron chi connectivity index (χ0n) is 59.1. The van der Waals surface area contributed by atoms with Crippen LogP contribution in [0, 0.1) is 59.3 Å². The van der Waals surface area contributed by atoms with Crippen LogP contribution in [-0.2, 0) is 49.5 Å². The summed E-state index contributed by atoms with van der Waals surface area (Å²) in [7, 11) is 0. The van der Waals surface area contributed by atoms with Crippen LogP contribution < -0.4 is 21.3 Å². The first-order valence-electron chi connectivity index (χ1n) is 33.9. The molecule has 5 amide bonds. The molecule has 24 nitrogen and oxygen atoms in total. The van der Waals surface area contributed by atoms with Gasteiger partial charge in [0.05, 0.1) is 92.7 Å². The summed E-state index contributed by atoms with van der Waals surface area (Å²) < 4.78 is 28.5. The normalized spacial score (nSPS) is 16.8. The highest BCUT2D eigenvalue weighted by Crippen LogP contribution is 2.42. The van der Waals surface area contributed by atoms with Gasteiger partial charge in [-0.25, -0.2) is 4.98 Å². The quantitative estimate of drug-likeness (QED) is 0.0273. The highest BCUT2D eigenvalue weighted by molar-refractivity contribution is 7.15. The Morgan fingerprint density at radius 2 is 1.10 bits per heavy atom. The van der Waals surface area contributed by atoms with Crippen LogP contribution in [0.5, 0.6) is 0 Å². The monoisotopic (exact) mass is 1480 g/mol. The molecule has 5 N–H and O–H groups in total. The van der Waals surface area contributed by atoms with Crippen LogP contribution in [-0.4, -0.2) is 176 Å². The molecule has 3 aliphatic rings. The van der Waals surface area contributed by atoms with Crippen LogP contribution in [0.4, 0.5) is 0 Å². The van der Waals surface area contributed by atoms with Crippen molar-refractivity contribution in [1.29, 1.82) is 0 Å². The number of fused-ring (bicyclic) bond motifs is 6. The minimum Gasteiger partial charge on any atom is -0.391 e. The number of aliphatic hydroxyl groups excluding tert-OH is 1. The lowest BCUT2D eigenvalue weighted by Gasteiger charge is -2.35. The highest BCUT2D eigenvalue weighted by atomic mass is 35.5. The third-order valence-electron chi connectivity index (χ3n) is 18.3. The molecule has 0 unspecified atom stereocenters. The van der Waals surface area contributed by atoms with Crippen molar-refractivity contribution in [1.82, 2.24) is 60.7 Å². The lowest BCUT2D eigenvalue weighted by atomic mass is 9.85. The zero-order chi connectivity index (χ0) is 72.7. The Kier molecular flexibility index (Phi) is 24.2. The fourth-order valence-electron chi connectivity index (χ4n) is 12.6. The number of carbonyl (C=O) groups excluding carboxylic acids is 5. The van der Waals surface area contributed by atoms with E-state index in [-0.39, 0.29) is 104 Å². The van der Waals surface area contributed by atoms with Gasteiger partial charge in [-0.3, -0.25) is 43.1 Å². The Labute approximate surface area is 615 Å². The molecule has 0 aliphatic carbocycles. The van der Waals surface area contributed by atoms with Gasteiger partial charge >= 0.3 is 0 Å². The number of thiophene rings is 2. The number of aliphatic imine (C=N–C) groups is 2. The maximum atomic E-state index is 14.3.